The van der Waals surface area contributed by atoms with Gasteiger partial charge in [0.2, 0.25) is 0 Å². The number of halogens is 1. The summed E-state index contributed by atoms with van der Waals surface area (Å²) in [6.45, 7) is 4.95. The van der Waals surface area contributed by atoms with Crippen molar-refractivity contribution in [3.05, 3.63) is 33.4 Å². The number of rotatable bonds is 16. The van der Waals surface area contributed by atoms with E-state index in [-0.39, 0.29) is 0 Å². The van der Waals surface area contributed by atoms with Crippen molar-refractivity contribution in [2.45, 2.75) is 104 Å². The number of carbonyl (C=O) groups excluding carboxylic acids is 2. The third-order valence-corrected chi connectivity index (χ3v) is 8.54. The third kappa shape index (κ3) is 13.7. The summed E-state index contributed by atoms with van der Waals surface area (Å²) in [5, 5.41) is 0. The van der Waals surface area contributed by atoms with Crippen molar-refractivity contribution in [1.82, 2.24) is 0 Å². The van der Waals surface area contributed by atoms with Gasteiger partial charge in [0.25, 0.3) is 0 Å². The van der Waals surface area contributed by atoms with Crippen LogP contribution >= 0.6 is 20.6 Å². The average molecular weight is 518 g/mol. The van der Waals surface area contributed by atoms with Crippen molar-refractivity contribution in [2.75, 3.05) is 0 Å². The molecule has 0 amide bonds. The van der Waals surface area contributed by atoms with E-state index in [1.165, 1.54) is 96.5 Å². The molecule has 0 aliphatic carbocycles. The van der Waals surface area contributed by atoms with Gasteiger partial charge >= 0.3 is 147 Å². The Morgan fingerprint density at radius 2 is 1.10 bits per heavy atom. The summed E-state index contributed by atoms with van der Waals surface area (Å²) in [4.78, 5) is 22.5. The Balaban J connectivity index is 2.16. The van der Waals surface area contributed by atoms with E-state index in [1.807, 2.05) is 12.1 Å². The molecule has 1 aromatic carbocycles. The van der Waals surface area contributed by atoms with E-state index in [0.29, 0.717) is 0 Å². The number of benzene rings is 1. The molecule has 0 unspecified atom stereocenters. The van der Waals surface area contributed by atoms with E-state index in [4.69, 9.17) is 6.13 Å². The molecule has 1 rings (SSSR count). The molecule has 0 fully saturated rings. The molecule has 0 atom stereocenters. The Morgan fingerprint density at radius 1 is 0.690 bits per heavy atom. The molecule has 0 saturated heterocycles. The van der Waals surface area contributed by atoms with Crippen LogP contribution < -0.4 is 0 Å². The first kappa shape index (κ1) is 25.9. The van der Waals surface area contributed by atoms with E-state index in [9.17, 15) is 9.59 Å². The minimum absolute atomic E-state index is 0.406. The first-order chi connectivity index (χ1) is 14.0. The summed E-state index contributed by atoms with van der Waals surface area (Å²) in [5.74, 6) is -0.811. The van der Waals surface area contributed by atoms with Crippen LogP contribution in [0.1, 0.15) is 103 Å². The molecule has 0 saturated carbocycles. The van der Waals surface area contributed by atoms with Gasteiger partial charge in [-0.3, -0.25) is 0 Å². The SMILES string of the molecule is CCCCCCCCCCCCCCc1ccc(I(OC(C)=O)OC(C)=O)cc1. The van der Waals surface area contributed by atoms with Gasteiger partial charge in [0.1, 0.15) is 0 Å². The van der Waals surface area contributed by atoms with E-state index in [2.05, 4.69) is 19.1 Å². The number of aryl methyl sites for hydroxylation is 1. The number of hydrogen-bond acceptors (Lipinski definition) is 4. The molecule has 0 heterocycles. The second-order valence-electron chi connectivity index (χ2n) is 7.62. The van der Waals surface area contributed by atoms with Gasteiger partial charge < -0.3 is 0 Å². The summed E-state index contributed by atoms with van der Waals surface area (Å²) in [7, 11) is 0. The molecule has 166 valence electrons. The van der Waals surface area contributed by atoms with Crippen LogP contribution in [0.3, 0.4) is 0 Å². The zero-order valence-corrected chi connectivity index (χ0v) is 20.7. The first-order valence-corrected chi connectivity index (χ1v) is 14.0. The number of unbranched alkanes of at least 4 members (excludes halogenated alkanes) is 11. The molecule has 29 heavy (non-hydrogen) atoms. The van der Waals surface area contributed by atoms with Gasteiger partial charge in [-0.15, -0.1) is 0 Å². The molecule has 0 aromatic heterocycles. The van der Waals surface area contributed by atoms with Gasteiger partial charge in [-0.05, 0) is 0 Å². The molecule has 0 aliphatic heterocycles. The Kier molecular flexibility index (Phi) is 14.9. The Bertz CT molecular complexity index is 555. The summed E-state index contributed by atoms with van der Waals surface area (Å²) >= 11 is -2.68. The van der Waals surface area contributed by atoms with Crippen LogP contribution in [-0.2, 0) is 22.1 Å². The van der Waals surface area contributed by atoms with Gasteiger partial charge in [-0.1, -0.05) is 39.0 Å². The maximum absolute atomic E-state index is 11.2. The van der Waals surface area contributed by atoms with Crippen molar-refractivity contribution in [3.63, 3.8) is 0 Å². The molecule has 0 aliphatic rings. The summed E-state index contributed by atoms with van der Waals surface area (Å²) < 4.78 is 11.3. The summed E-state index contributed by atoms with van der Waals surface area (Å²) in [6.07, 6.45) is 17.3. The van der Waals surface area contributed by atoms with Crippen LogP contribution in [0.25, 0.3) is 0 Å². The summed E-state index contributed by atoms with van der Waals surface area (Å²) in [5.41, 5.74) is 1.28. The molecular formula is C24H39IO4. The molecular weight excluding hydrogens is 479 g/mol. The zero-order chi connectivity index (χ0) is 21.3. The fourth-order valence-corrected chi connectivity index (χ4v) is 5.90. The minimum atomic E-state index is -2.68. The Hall–Kier alpha value is -1.11. The van der Waals surface area contributed by atoms with E-state index in [1.54, 1.807) is 0 Å². The predicted octanol–water partition coefficient (Wildman–Crippen LogP) is 7.56. The molecule has 0 radical (unpaired) electrons. The Morgan fingerprint density at radius 3 is 1.52 bits per heavy atom. The molecule has 0 spiro atoms. The van der Waals surface area contributed by atoms with Gasteiger partial charge in [0.15, 0.2) is 0 Å². The third-order valence-electron chi connectivity index (χ3n) is 4.77. The average Bonchev–Trinajstić information content (AvgIpc) is 2.68. The van der Waals surface area contributed by atoms with Crippen LogP contribution in [-0.4, -0.2) is 11.9 Å². The van der Waals surface area contributed by atoms with E-state index in [0.717, 1.165) is 9.99 Å². The standard InChI is InChI=1S/C24H39IO4/c1-4-5-6-7-8-9-10-11-12-13-14-15-16-23-17-19-24(20-18-23)25(28-21(2)26)29-22(3)27/h17-20H,4-16H2,1-3H3. The van der Waals surface area contributed by atoms with Crippen LogP contribution in [0.4, 0.5) is 0 Å². The fourth-order valence-electron chi connectivity index (χ4n) is 3.23. The normalized spacial score (nSPS) is 11.2. The van der Waals surface area contributed by atoms with Crippen LogP contribution in [0.5, 0.6) is 0 Å². The van der Waals surface area contributed by atoms with E-state index >= 15 is 0 Å². The number of carbonyl (C=O) groups is 2. The first-order valence-electron chi connectivity index (χ1n) is 11.2. The fraction of sp³-hybridized carbons (Fsp3) is 0.667. The topological polar surface area (TPSA) is 52.6 Å². The Labute approximate surface area is 185 Å². The second kappa shape index (κ2) is 16.7. The van der Waals surface area contributed by atoms with Gasteiger partial charge in [0, 0.05) is 0 Å². The second-order valence-corrected chi connectivity index (χ2v) is 11.0. The molecule has 1 aromatic rings. The van der Waals surface area contributed by atoms with Crippen LogP contribution in [0, 0.1) is 3.57 Å². The van der Waals surface area contributed by atoms with Crippen molar-refractivity contribution in [3.8, 4) is 0 Å². The monoisotopic (exact) mass is 518 g/mol. The quantitative estimate of drug-likeness (QED) is 0.167. The predicted molar refractivity (Wildman–Crippen MR) is 127 cm³/mol. The van der Waals surface area contributed by atoms with Gasteiger partial charge in [-0.2, -0.15) is 0 Å². The van der Waals surface area contributed by atoms with Gasteiger partial charge in [0.05, 0.1) is 0 Å². The maximum atomic E-state index is 11.2. The van der Waals surface area contributed by atoms with Crippen LogP contribution in [0.2, 0.25) is 0 Å². The number of hydrogen-bond donors (Lipinski definition) is 0. The molecule has 5 heteroatoms. The van der Waals surface area contributed by atoms with Crippen molar-refractivity contribution < 1.29 is 15.7 Å². The zero-order valence-electron chi connectivity index (χ0n) is 18.5. The molecule has 0 N–H and O–H groups in total. The van der Waals surface area contributed by atoms with Gasteiger partial charge in [-0.25, -0.2) is 0 Å². The summed E-state index contributed by atoms with van der Waals surface area (Å²) in [6, 6.07) is 8.00. The van der Waals surface area contributed by atoms with Crippen molar-refractivity contribution in [1.29, 1.82) is 0 Å². The van der Waals surface area contributed by atoms with Crippen LogP contribution in [0.15, 0.2) is 24.3 Å². The van der Waals surface area contributed by atoms with Crippen molar-refractivity contribution >= 4 is 32.6 Å². The molecule has 4 nitrogen and oxygen atoms in total. The van der Waals surface area contributed by atoms with E-state index < -0.39 is 32.6 Å². The van der Waals surface area contributed by atoms with Crippen molar-refractivity contribution in [2.24, 2.45) is 0 Å². The molecule has 0 bridgehead atoms.